The lowest BCUT2D eigenvalue weighted by Crippen LogP contribution is -2.45. The second-order valence-electron chi connectivity index (χ2n) is 6.58. The number of pyridine rings is 1. The number of alkyl halides is 3. The standard InChI is InChI=1S/C18H16Cl3F3N2.H3N/c1-10-3-4-15(25-11(10)2)26-6-5-17(9-26,18(22,23)24)12-7-13(19)16(21)14(20)8-12;/h3-4,7-8H,5-6,9H2,1-2H3;1H3. The Hall–Kier alpha value is -1.21. The van der Waals surface area contributed by atoms with E-state index in [4.69, 9.17) is 34.8 Å². The Labute approximate surface area is 171 Å². The van der Waals surface area contributed by atoms with Crippen molar-refractivity contribution in [1.29, 1.82) is 0 Å². The largest absolute Gasteiger partial charge is 0.400 e. The van der Waals surface area contributed by atoms with Gasteiger partial charge >= 0.3 is 6.18 Å². The van der Waals surface area contributed by atoms with Crippen molar-refractivity contribution in [3.05, 3.63) is 56.2 Å². The van der Waals surface area contributed by atoms with E-state index in [1.807, 2.05) is 19.9 Å². The number of anilines is 1. The summed E-state index contributed by atoms with van der Waals surface area (Å²) in [6.45, 7) is 3.73. The van der Waals surface area contributed by atoms with Crippen LogP contribution < -0.4 is 11.1 Å². The summed E-state index contributed by atoms with van der Waals surface area (Å²) in [4.78, 5) is 6.08. The highest BCUT2D eigenvalue weighted by Gasteiger charge is 2.59. The Morgan fingerprint density at radius 1 is 1.07 bits per heavy atom. The zero-order valence-corrected chi connectivity index (χ0v) is 17.1. The number of aryl methyl sites for hydroxylation is 2. The Balaban J connectivity index is 0.00000261. The molecule has 0 saturated carbocycles. The molecule has 1 atom stereocenters. The number of benzene rings is 1. The average Bonchev–Trinajstić information content (AvgIpc) is 3.01. The van der Waals surface area contributed by atoms with Gasteiger partial charge in [-0.15, -0.1) is 0 Å². The Kier molecular flexibility index (Phi) is 6.27. The minimum Gasteiger partial charge on any atom is -0.355 e. The van der Waals surface area contributed by atoms with Crippen LogP contribution in [0.25, 0.3) is 0 Å². The van der Waals surface area contributed by atoms with Crippen LogP contribution in [0.15, 0.2) is 24.3 Å². The molecule has 1 aliphatic rings. The lowest BCUT2D eigenvalue weighted by atomic mass is 9.79. The molecule has 9 heteroatoms. The highest BCUT2D eigenvalue weighted by Crippen LogP contribution is 2.50. The highest BCUT2D eigenvalue weighted by atomic mass is 35.5. The molecular weight excluding hydrogens is 422 g/mol. The quantitative estimate of drug-likeness (QED) is 0.540. The summed E-state index contributed by atoms with van der Waals surface area (Å²) >= 11 is 17.9. The number of nitrogens with zero attached hydrogens (tertiary/aromatic N) is 2. The van der Waals surface area contributed by atoms with E-state index in [1.165, 1.54) is 12.1 Å². The zero-order valence-electron chi connectivity index (χ0n) is 14.8. The van der Waals surface area contributed by atoms with Crippen molar-refractivity contribution in [2.24, 2.45) is 0 Å². The molecule has 0 radical (unpaired) electrons. The van der Waals surface area contributed by atoms with Gasteiger partial charge in [-0.3, -0.25) is 0 Å². The summed E-state index contributed by atoms with van der Waals surface area (Å²) in [6, 6.07) is 6.14. The lowest BCUT2D eigenvalue weighted by molar-refractivity contribution is -0.184. The molecule has 3 nitrogen and oxygen atoms in total. The van der Waals surface area contributed by atoms with E-state index in [0.29, 0.717) is 5.82 Å². The van der Waals surface area contributed by atoms with Gasteiger partial charge in [0.05, 0.1) is 15.1 Å². The molecular formula is C18H19Cl3F3N3. The minimum atomic E-state index is -4.47. The van der Waals surface area contributed by atoms with Gasteiger partial charge in [0, 0.05) is 18.8 Å². The molecule has 1 aromatic heterocycles. The van der Waals surface area contributed by atoms with Crippen molar-refractivity contribution in [1.82, 2.24) is 11.1 Å². The maximum absolute atomic E-state index is 14.1. The fourth-order valence-electron chi connectivity index (χ4n) is 3.26. The number of rotatable bonds is 2. The molecule has 1 aromatic carbocycles. The number of hydrogen-bond donors (Lipinski definition) is 1. The maximum atomic E-state index is 14.1. The fourth-order valence-corrected chi connectivity index (χ4v) is 3.86. The van der Waals surface area contributed by atoms with E-state index < -0.39 is 11.6 Å². The van der Waals surface area contributed by atoms with Gasteiger partial charge in [-0.2, -0.15) is 13.2 Å². The van der Waals surface area contributed by atoms with Crippen LogP contribution >= 0.6 is 34.8 Å². The molecule has 27 heavy (non-hydrogen) atoms. The van der Waals surface area contributed by atoms with Crippen molar-refractivity contribution in [3.8, 4) is 0 Å². The van der Waals surface area contributed by atoms with E-state index in [-0.39, 0.29) is 46.3 Å². The lowest BCUT2D eigenvalue weighted by Gasteiger charge is -2.33. The molecule has 1 aliphatic heterocycles. The van der Waals surface area contributed by atoms with Crippen LogP contribution in [0.4, 0.5) is 19.0 Å². The van der Waals surface area contributed by atoms with E-state index in [9.17, 15) is 13.2 Å². The van der Waals surface area contributed by atoms with Crippen molar-refractivity contribution >= 4 is 40.6 Å². The molecule has 2 aromatic rings. The van der Waals surface area contributed by atoms with E-state index >= 15 is 0 Å². The Bertz CT molecular complexity index is 834. The van der Waals surface area contributed by atoms with Gasteiger partial charge in [-0.05, 0) is 49.6 Å². The first kappa shape index (κ1) is 22.1. The van der Waals surface area contributed by atoms with Gasteiger partial charge in [-0.1, -0.05) is 40.9 Å². The topological polar surface area (TPSA) is 51.1 Å². The third-order valence-corrected chi connectivity index (χ3v) is 6.20. The molecule has 0 amide bonds. The van der Waals surface area contributed by atoms with Gasteiger partial charge in [-0.25, -0.2) is 4.98 Å². The van der Waals surface area contributed by atoms with Crippen molar-refractivity contribution in [2.75, 3.05) is 18.0 Å². The minimum absolute atomic E-state index is 0. The van der Waals surface area contributed by atoms with Crippen molar-refractivity contribution in [2.45, 2.75) is 31.9 Å². The van der Waals surface area contributed by atoms with E-state index in [2.05, 4.69) is 4.98 Å². The summed E-state index contributed by atoms with van der Waals surface area (Å²) in [7, 11) is 0. The smallest absolute Gasteiger partial charge is 0.355 e. The molecule has 1 fully saturated rings. The molecule has 1 unspecified atom stereocenters. The Morgan fingerprint density at radius 2 is 1.67 bits per heavy atom. The molecule has 2 heterocycles. The highest BCUT2D eigenvalue weighted by molar-refractivity contribution is 6.48. The first-order chi connectivity index (χ1) is 12.0. The molecule has 3 rings (SSSR count). The van der Waals surface area contributed by atoms with Gasteiger partial charge in [0.15, 0.2) is 0 Å². The summed E-state index contributed by atoms with van der Waals surface area (Å²) in [5, 5.41) is 0.0844. The first-order valence-electron chi connectivity index (χ1n) is 7.96. The second-order valence-corrected chi connectivity index (χ2v) is 7.77. The average molecular weight is 441 g/mol. The number of halogens is 6. The number of hydrogen-bond acceptors (Lipinski definition) is 3. The van der Waals surface area contributed by atoms with Gasteiger partial charge in [0.2, 0.25) is 0 Å². The third kappa shape index (κ3) is 3.86. The van der Waals surface area contributed by atoms with E-state index in [1.54, 1.807) is 11.0 Å². The zero-order chi connectivity index (χ0) is 19.3. The van der Waals surface area contributed by atoms with Crippen LogP contribution in [0, 0.1) is 13.8 Å². The van der Waals surface area contributed by atoms with Gasteiger partial charge in [0.1, 0.15) is 11.2 Å². The first-order valence-corrected chi connectivity index (χ1v) is 9.09. The van der Waals surface area contributed by atoms with Crippen LogP contribution in [0.1, 0.15) is 23.2 Å². The van der Waals surface area contributed by atoms with Gasteiger partial charge in [0.25, 0.3) is 0 Å². The summed E-state index contributed by atoms with van der Waals surface area (Å²) in [5.41, 5.74) is -0.266. The monoisotopic (exact) mass is 439 g/mol. The van der Waals surface area contributed by atoms with Crippen molar-refractivity contribution < 1.29 is 13.2 Å². The number of aromatic nitrogens is 1. The fraction of sp³-hybridized carbons (Fsp3) is 0.389. The SMILES string of the molecule is Cc1ccc(N2CCC(c3cc(Cl)c(Cl)c(Cl)c3)(C(F)(F)F)C2)nc1C.N. The maximum Gasteiger partial charge on any atom is 0.400 e. The van der Waals surface area contributed by atoms with E-state index in [0.717, 1.165) is 11.3 Å². The normalized spacial score (nSPS) is 19.9. The Morgan fingerprint density at radius 3 is 2.19 bits per heavy atom. The molecule has 3 N–H and O–H groups in total. The van der Waals surface area contributed by atoms with Crippen LogP contribution in [0.5, 0.6) is 0 Å². The second kappa shape index (κ2) is 7.66. The predicted octanol–water partition coefficient (Wildman–Crippen LogP) is 6.53. The van der Waals surface area contributed by atoms with Crippen LogP contribution in [0.3, 0.4) is 0 Å². The summed E-state index contributed by atoms with van der Waals surface area (Å²) in [6.07, 6.45) is -4.58. The molecule has 148 valence electrons. The van der Waals surface area contributed by atoms with Crippen LogP contribution in [-0.4, -0.2) is 24.2 Å². The van der Waals surface area contributed by atoms with Crippen molar-refractivity contribution in [3.63, 3.8) is 0 Å². The van der Waals surface area contributed by atoms with Crippen LogP contribution in [-0.2, 0) is 5.41 Å². The molecule has 0 spiro atoms. The molecule has 0 aliphatic carbocycles. The molecule has 1 saturated heterocycles. The van der Waals surface area contributed by atoms with Crippen LogP contribution in [0.2, 0.25) is 15.1 Å². The molecule has 0 bridgehead atoms. The third-order valence-electron chi connectivity index (χ3n) is 5.01. The summed E-state index contributed by atoms with van der Waals surface area (Å²) in [5.74, 6) is 0.533. The predicted molar refractivity (Wildman–Crippen MR) is 105 cm³/mol. The summed E-state index contributed by atoms with van der Waals surface area (Å²) < 4.78 is 42.4. The van der Waals surface area contributed by atoms with Gasteiger partial charge < -0.3 is 11.1 Å².